The van der Waals surface area contributed by atoms with Crippen molar-refractivity contribution in [2.45, 2.75) is 19.1 Å². The number of rotatable bonds is 2. The van der Waals surface area contributed by atoms with Gasteiger partial charge >= 0.3 is 5.97 Å². The van der Waals surface area contributed by atoms with E-state index in [0.717, 1.165) is 25.1 Å². The lowest BCUT2D eigenvalue weighted by atomic mass is 10.2. The van der Waals surface area contributed by atoms with Gasteiger partial charge in [0.15, 0.2) is 0 Å². The van der Waals surface area contributed by atoms with Crippen LogP contribution in [0.25, 0.3) is 0 Å². The summed E-state index contributed by atoms with van der Waals surface area (Å²) in [4.78, 5) is 12.6. The van der Waals surface area contributed by atoms with Gasteiger partial charge in [0, 0.05) is 12.2 Å². The van der Waals surface area contributed by atoms with Gasteiger partial charge in [0.1, 0.15) is 6.23 Å². The van der Waals surface area contributed by atoms with Crippen molar-refractivity contribution < 1.29 is 15.0 Å². The van der Waals surface area contributed by atoms with E-state index in [1.807, 2.05) is 11.0 Å². The van der Waals surface area contributed by atoms with Gasteiger partial charge in [0.2, 0.25) is 0 Å². The van der Waals surface area contributed by atoms with Crippen LogP contribution in [0.15, 0.2) is 24.3 Å². The molecule has 80 valence electrons. The van der Waals surface area contributed by atoms with E-state index >= 15 is 0 Å². The molecule has 0 spiro atoms. The molecule has 0 amide bonds. The number of nitrogens with zero attached hydrogens (tertiary/aromatic N) is 1. The molecule has 15 heavy (non-hydrogen) atoms. The highest BCUT2D eigenvalue weighted by Gasteiger charge is 2.22. The van der Waals surface area contributed by atoms with Gasteiger partial charge in [-0.2, -0.15) is 0 Å². The van der Waals surface area contributed by atoms with Crippen molar-refractivity contribution in [1.29, 1.82) is 0 Å². The molecule has 1 aliphatic rings. The summed E-state index contributed by atoms with van der Waals surface area (Å²) in [6.07, 6.45) is 1.21. The van der Waals surface area contributed by atoms with Crippen LogP contribution < -0.4 is 4.90 Å². The van der Waals surface area contributed by atoms with Crippen LogP contribution in [0.4, 0.5) is 5.69 Å². The maximum absolute atomic E-state index is 10.8. The number of hydrogen-bond acceptors (Lipinski definition) is 3. The monoisotopic (exact) mass is 207 g/mol. The number of hydrogen-bond donors (Lipinski definition) is 2. The Labute approximate surface area is 87.8 Å². The highest BCUT2D eigenvalue weighted by atomic mass is 16.4. The summed E-state index contributed by atoms with van der Waals surface area (Å²) in [5.41, 5.74) is 1.03. The predicted octanol–water partition coefficient (Wildman–Crippen LogP) is 1.30. The second kappa shape index (κ2) is 3.90. The maximum atomic E-state index is 10.8. The molecule has 0 radical (unpaired) electrons. The van der Waals surface area contributed by atoms with E-state index in [1.54, 1.807) is 18.2 Å². The Morgan fingerprint density at radius 1 is 1.47 bits per heavy atom. The van der Waals surface area contributed by atoms with E-state index in [9.17, 15) is 9.90 Å². The highest BCUT2D eigenvalue weighted by molar-refractivity contribution is 5.88. The number of carbonyl (C=O) groups is 1. The molecule has 1 heterocycles. The zero-order chi connectivity index (χ0) is 10.8. The normalized spacial score (nSPS) is 20.6. The third-order valence-corrected chi connectivity index (χ3v) is 2.65. The van der Waals surface area contributed by atoms with E-state index in [4.69, 9.17) is 5.11 Å². The van der Waals surface area contributed by atoms with Gasteiger partial charge in [-0.1, -0.05) is 6.07 Å². The third-order valence-electron chi connectivity index (χ3n) is 2.65. The van der Waals surface area contributed by atoms with Gasteiger partial charge < -0.3 is 15.1 Å². The fourth-order valence-electron chi connectivity index (χ4n) is 1.87. The number of carboxylic acid groups (broad SMARTS) is 1. The standard InChI is InChI=1S/C11H13NO3/c13-10-5-2-6-12(10)9-4-1-3-8(7-9)11(14)15/h1,3-4,7,10,13H,2,5-6H2,(H,14,15). The van der Waals surface area contributed by atoms with Crippen molar-refractivity contribution in [2.75, 3.05) is 11.4 Å². The van der Waals surface area contributed by atoms with Crippen LogP contribution in [0.3, 0.4) is 0 Å². The fourth-order valence-corrected chi connectivity index (χ4v) is 1.87. The van der Waals surface area contributed by atoms with E-state index in [1.165, 1.54) is 0 Å². The van der Waals surface area contributed by atoms with Crippen molar-refractivity contribution in [1.82, 2.24) is 0 Å². The maximum Gasteiger partial charge on any atom is 0.335 e. The Morgan fingerprint density at radius 2 is 2.27 bits per heavy atom. The Balaban J connectivity index is 2.28. The number of aliphatic hydroxyl groups is 1. The summed E-state index contributed by atoms with van der Waals surface area (Å²) in [5, 5.41) is 18.5. The molecule has 4 nitrogen and oxygen atoms in total. The second-order valence-corrected chi connectivity index (χ2v) is 3.67. The van der Waals surface area contributed by atoms with Crippen LogP contribution in [-0.2, 0) is 0 Å². The predicted molar refractivity (Wildman–Crippen MR) is 56.0 cm³/mol. The summed E-state index contributed by atoms with van der Waals surface area (Å²) < 4.78 is 0. The average Bonchev–Trinajstić information content (AvgIpc) is 2.64. The molecular formula is C11H13NO3. The average molecular weight is 207 g/mol. The molecule has 4 heteroatoms. The van der Waals surface area contributed by atoms with Gasteiger partial charge in [-0.05, 0) is 31.0 Å². The van der Waals surface area contributed by atoms with Crippen LogP contribution >= 0.6 is 0 Å². The SMILES string of the molecule is O=C(O)c1cccc(N2CCCC2O)c1. The minimum atomic E-state index is -0.939. The molecule has 0 saturated carbocycles. The minimum Gasteiger partial charge on any atom is -0.478 e. The Bertz CT molecular complexity index is 378. The van der Waals surface area contributed by atoms with Crippen LogP contribution in [0.5, 0.6) is 0 Å². The molecule has 1 aromatic rings. The quantitative estimate of drug-likeness (QED) is 0.767. The van der Waals surface area contributed by atoms with E-state index in [0.29, 0.717) is 0 Å². The Morgan fingerprint density at radius 3 is 2.87 bits per heavy atom. The molecule has 1 atom stereocenters. The molecule has 2 N–H and O–H groups in total. The molecule has 1 aromatic carbocycles. The van der Waals surface area contributed by atoms with Crippen molar-refractivity contribution in [3.05, 3.63) is 29.8 Å². The second-order valence-electron chi connectivity index (χ2n) is 3.67. The largest absolute Gasteiger partial charge is 0.478 e. The molecule has 0 aromatic heterocycles. The molecule has 0 bridgehead atoms. The molecular weight excluding hydrogens is 194 g/mol. The summed E-state index contributed by atoms with van der Waals surface area (Å²) in [5.74, 6) is -0.939. The van der Waals surface area contributed by atoms with E-state index in [-0.39, 0.29) is 5.56 Å². The molecule has 2 rings (SSSR count). The molecule has 1 saturated heterocycles. The molecule has 1 unspecified atom stereocenters. The first-order chi connectivity index (χ1) is 7.18. The van der Waals surface area contributed by atoms with Gasteiger partial charge in [-0.15, -0.1) is 0 Å². The van der Waals surface area contributed by atoms with Crippen molar-refractivity contribution in [2.24, 2.45) is 0 Å². The molecule has 0 aliphatic carbocycles. The zero-order valence-corrected chi connectivity index (χ0v) is 8.26. The van der Waals surface area contributed by atoms with Crippen LogP contribution in [0, 0.1) is 0 Å². The zero-order valence-electron chi connectivity index (χ0n) is 8.26. The van der Waals surface area contributed by atoms with Gasteiger partial charge in [0.25, 0.3) is 0 Å². The number of anilines is 1. The topological polar surface area (TPSA) is 60.8 Å². The van der Waals surface area contributed by atoms with Gasteiger partial charge in [-0.25, -0.2) is 4.79 Å². The van der Waals surface area contributed by atoms with Crippen molar-refractivity contribution in [3.8, 4) is 0 Å². The van der Waals surface area contributed by atoms with Crippen LogP contribution in [0.1, 0.15) is 23.2 Å². The minimum absolute atomic E-state index is 0.256. The summed E-state index contributed by atoms with van der Waals surface area (Å²) in [6, 6.07) is 6.66. The lowest BCUT2D eigenvalue weighted by Crippen LogP contribution is -2.28. The Hall–Kier alpha value is -1.55. The van der Waals surface area contributed by atoms with E-state index in [2.05, 4.69) is 0 Å². The molecule has 1 aliphatic heterocycles. The lowest BCUT2D eigenvalue weighted by molar-refractivity contribution is 0.0696. The smallest absolute Gasteiger partial charge is 0.335 e. The summed E-state index contributed by atoms with van der Waals surface area (Å²) in [6.45, 7) is 0.782. The fraction of sp³-hybridized carbons (Fsp3) is 0.364. The number of benzene rings is 1. The number of carboxylic acids is 1. The first kappa shape index (κ1) is 9.98. The van der Waals surface area contributed by atoms with Crippen LogP contribution in [0.2, 0.25) is 0 Å². The third kappa shape index (κ3) is 1.94. The first-order valence-corrected chi connectivity index (χ1v) is 4.96. The van der Waals surface area contributed by atoms with Crippen molar-refractivity contribution >= 4 is 11.7 Å². The molecule has 1 fully saturated rings. The number of aliphatic hydroxyl groups excluding tert-OH is 1. The van der Waals surface area contributed by atoms with Crippen LogP contribution in [-0.4, -0.2) is 29.0 Å². The van der Waals surface area contributed by atoms with Gasteiger partial charge in [0.05, 0.1) is 5.56 Å². The summed E-state index contributed by atoms with van der Waals surface area (Å²) >= 11 is 0. The summed E-state index contributed by atoms with van der Waals surface area (Å²) in [7, 11) is 0. The first-order valence-electron chi connectivity index (χ1n) is 4.96. The van der Waals surface area contributed by atoms with Gasteiger partial charge in [-0.3, -0.25) is 0 Å². The van der Waals surface area contributed by atoms with E-state index < -0.39 is 12.2 Å². The van der Waals surface area contributed by atoms with Crippen molar-refractivity contribution in [3.63, 3.8) is 0 Å². The Kier molecular flexibility index (Phi) is 2.60. The lowest BCUT2D eigenvalue weighted by Gasteiger charge is -2.22. The highest BCUT2D eigenvalue weighted by Crippen LogP contribution is 2.24. The number of aromatic carboxylic acids is 1.